The van der Waals surface area contributed by atoms with E-state index in [1.165, 1.54) is 12.4 Å². The van der Waals surface area contributed by atoms with E-state index in [4.69, 9.17) is 0 Å². The number of hydrogen-bond acceptors (Lipinski definition) is 6. The van der Waals surface area contributed by atoms with E-state index in [1.807, 2.05) is 0 Å². The van der Waals surface area contributed by atoms with Gasteiger partial charge in [-0.05, 0) is 37.1 Å². The van der Waals surface area contributed by atoms with E-state index in [-0.39, 0.29) is 43.8 Å². The summed E-state index contributed by atoms with van der Waals surface area (Å²) in [7, 11) is -4.25. The van der Waals surface area contributed by atoms with E-state index in [2.05, 4.69) is 15.3 Å². The Kier molecular flexibility index (Phi) is 7.46. The molecule has 1 amide bonds. The van der Waals surface area contributed by atoms with E-state index in [9.17, 15) is 35.2 Å². The Balaban J connectivity index is 1.40. The Hall–Kier alpha value is -2.87. The van der Waals surface area contributed by atoms with Crippen LogP contribution in [0.4, 0.5) is 27.8 Å². The zero-order chi connectivity index (χ0) is 26.1. The zero-order valence-electron chi connectivity index (χ0n) is 19.0. The van der Waals surface area contributed by atoms with Crippen LogP contribution >= 0.6 is 0 Å². The van der Waals surface area contributed by atoms with Crippen molar-refractivity contribution in [2.45, 2.75) is 49.1 Å². The van der Waals surface area contributed by atoms with Crippen molar-refractivity contribution in [3.05, 3.63) is 48.2 Å². The summed E-state index contributed by atoms with van der Waals surface area (Å²) in [6, 6.07) is 4.24. The first kappa shape index (κ1) is 26.2. The molecule has 2 atom stereocenters. The molecular weight excluding hydrogens is 509 g/mol. The van der Waals surface area contributed by atoms with E-state index in [0.29, 0.717) is 11.5 Å². The van der Waals surface area contributed by atoms with Crippen LogP contribution in [0.1, 0.15) is 25.0 Å². The minimum atomic E-state index is -4.25. The standard InChI is InChI=1S/C22H24F5N5O3S/c23-15-1-3-18(4-2-15)36(34,35)32-12-16(24)9-19(32)21(33)28-11-17-10-20(30-13-29-17)31-7-5-14(6-8-31)22(25,26)27/h1-4,10,13-14,16,19H,5-9,11-12H2,(H,28,33)/t16-,19-/m1/s1. The summed E-state index contributed by atoms with van der Waals surface area (Å²) in [6.45, 7) is -0.291. The van der Waals surface area contributed by atoms with Crippen LogP contribution in [0.5, 0.6) is 0 Å². The molecule has 1 N–H and O–H groups in total. The fourth-order valence-electron chi connectivity index (χ4n) is 4.39. The van der Waals surface area contributed by atoms with Crippen LogP contribution in [0.25, 0.3) is 0 Å². The van der Waals surface area contributed by atoms with Gasteiger partial charge in [0, 0.05) is 32.1 Å². The van der Waals surface area contributed by atoms with Crippen molar-refractivity contribution >= 4 is 21.7 Å². The van der Waals surface area contributed by atoms with Crippen molar-refractivity contribution in [1.82, 2.24) is 19.6 Å². The molecule has 0 bridgehead atoms. The lowest BCUT2D eigenvalue weighted by Crippen LogP contribution is -2.45. The Morgan fingerprint density at radius 1 is 1.11 bits per heavy atom. The third kappa shape index (κ3) is 5.75. The van der Waals surface area contributed by atoms with Gasteiger partial charge in [0.05, 0.1) is 23.1 Å². The van der Waals surface area contributed by atoms with Crippen molar-refractivity contribution in [2.24, 2.45) is 5.92 Å². The Bertz CT molecular complexity index is 1190. The topological polar surface area (TPSA) is 95.5 Å². The summed E-state index contributed by atoms with van der Waals surface area (Å²) in [5.74, 6) is -2.30. The molecule has 0 radical (unpaired) electrons. The second kappa shape index (κ2) is 10.2. The van der Waals surface area contributed by atoms with E-state index < -0.39 is 52.6 Å². The smallest absolute Gasteiger partial charge is 0.356 e. The summed E-state index contributed by atoms with van der Waals surface area (Å²) in [5.41, 5.74) is 0.356. The predicted molar refractivity (Wildman–Crippen MR) is 118 cm³/mol. The molecule has 1 aromatic heterocycles. The molecule has 2 saturated heterocycles. The second-order valence-corrected chi connectivity index (χ2v) is 10.7. The number of anilines is 1. The summed E-state index contributed by atoms with van der Waals surface area (Å²) in [5, 5.41) is 2.55. The quantitative estimate of drug-likeness (QED) is 0.574. The van der Waals surface area contributed by atoms with Gasteiger partial charge in [-0.25, -0.2) is 27.2 Å². The van der Waals surface area contributed by atoms with E-state index >= 15 is 0 Å². The van der Waals surface area contributed by atoms with Gasteiger partial charge >= 0.3 is 6.18 Å². The minimum absolute atomic E-state index is 0.0516. The number of piperidine rings is 1. The van der Waals surface area contributed by atoms with Gasteiger partial charge in [0.1, 0.15) is 30.2 Å². The largest absolute Gasteiger partial charge is 0.391 e. The number of amides is 1. The number of nitrogens with one attached hydrogen (secondary N) is 1. The molecule has 2 aromatic rings. The molecule has 2 aliphatic heterocycles. The van der Waals surface area contributed by atoms with Crippen molar-refractivity contribution in [3.63, 3.8) is 0 Å². The van der Waals surface area contributed by atoms with Gasteiger partial charge in [-0.3, -0.25) is 4.79 Å². The van der Waals surface area contributed by atoms with Crippen LogP contribution in [0.15, 0.2) is 41.6 Å². The van der Waals surface area contributed by atoms with E-state index in [1.54, 1.807) is 4.90 Å². The van der Waals surface area contributed by atoms with Gasteiger partial charge < -0.3 is 10.2 Å². The maximum Gasteiger partial charge on any atom is 0.391 e. The molecule has 4 rings (SSSR count). The molecule has 3 heterocycles. The Labute approximate surface area is 204 Å². The number of alkyl halides is 4. The first-order chi connectivity index (χ1) is 16.9. The van der Waals surface area contributed by atoms with Gasteiger partial charge in [-0.2, -0.15) is 17.5 Å². The Morgan fingerprint density at radius 2 is 1.78 bits per heavy atom. The van der Waals surface area contributed by atoms with Crippen LogP contribution in [0, 0.1) is 11.7 Å². The lowest BCUT2D eigenvalue weighted by Gasteiger charge is -2.33. The third-order valence-electron chi connectivity index (χ3n) is 6.36. The van der Waals surface area contributed by atoms with Crippen molar-refractivity contribution in [1.29, 1.82) is 0 Å². The van der Waals surface area contributed by atoms with Crippen LogP contribution in [-0.2, 0) is 21.4 Å². The van der Waals surface area contributed by atoms with Gasteiger partial charge in [-0.15, -0.1) is 0 Å². The summed E-state index contributed by atoms with van der Waals surface area (Å²) in [4.78, 5) is 22.4. The highest BCUT2D eigenvalue weighted by Gasteiger charge is 2.44. The molecule has 2 fully saturated rings. The van der Waals surface area contributed by atoms with Crippen LogP contribution in [0.2, 0.25) is 0 Å². The van der Waals surface area contributed by atoms with Gasteiger partial charge in [0.2, 0.25) is 15.9 Å². The first-order valence-electron chi connectivity index (χ1n) is 11.3. The number of hydrogen-bond donors (Lipinski definition) is 1. The van der Waals surface area contributed by atoms with Crippen molar-refractivity contribution in [3.8, 4) is 0 Å². The molecule has 2 aliphatic rings. The van der Waals surface area contributed by atoms with Crippen LogP contribution in [-0.4, -0.2) is 66.6 Å². The Morgan fingerprint density at radius 3 is 2.42 bits per heavy atom. The number of carbonyl (C=O) groups is 1. The highest BCUT2D eigenvalue weighted by Crippen LogP contribution is 2.35. The number of aromatic nitrogens is 2. The van der Waals surface area contributed by atoms with Gasteiger partial charge in [0.25, 0.3) is 0 Å². The fraction of sp³-hybridized carbons (Fsp3) is 0.500. The number of nitrogens with zero attached hydrogens (tertiary/aromatic N) is 4. The summed E-state index contributed by atoms with van der Waals surface area (Å²) >= 11 is 0. The molecule has 0 saturated carbocycles. The second-order valence-electron chi connectivity index (χ2n) is 8.77. The van der Waals surface area contributed by atoms with Crippen LogP contribution in [0.3, 0.4) is 0 Å². The SMILES string of the molecule is O=C(NCc1cc(N2CCC(C(F)(F)F)CC2)ncn1)[C@H]1C[C@@H](F)CN1S(=O)(=O)c1ccc(F)cc1. The molecule has 1 aromatic carbocycles. The predicted octanol–water partition coefficient (Wildman–Crippen LogP) is 2.81. The normalized spacial score (nSPS) is 22.1. The zero-order valence-corrected chi connectivity index (χ0v) is 19.8. The fourth-order valence-corrected chi connectivity index (χ4v) is 6.01. The van der Waals surface area contributed by atoms with Gasteiger partial charge in [-0.1, -0.05) is 0 Å². The maximum atomic E-state index is 14.2. The number of benzene rings is 1. The molecule has 0 aliphatic carbocycles. The van der Waals surface area contributed by atoms with Crippen molar-refractivity contribution < 1.29 is 35.2 Å². The maximum absolute atomic E-state index is 14.2. The average molecular weight is 534 g/mol. The lowest BCUT2D eigenvalue weighted by molar-refractivity contribution is -0.179. The van der Waals surface area contributed by atoms with Crippen LogP contribution < -0.4 is 10.2 Å². The molecule has 0 unspecified atom stereocenters. The molecule has 196 valence electrons. The van der Waals surface area contributed by atoms with Gasteiger partial charge in [0.15, 0.2) is 0 Å². The lowest BCUT2D eigenvalue weighted by atomic mass is 9.96. The molecule has 0 spiro atoms. The first-order valence-corrected chi connectivity index (χ1v) is 12.7. The molecule has 36 heavy (non-hydrogen) atoms. The van der Waals surface area contributed by atoms with E-state index in [0.717, 1.165) is 28.6 Å². The monoisotopic (exact) mass is 533 g/mol. The highest BCUT2D eigenvalue weighted by molar-refractivity contribution is 7.89. The van der Waals surface area contributed by atoms with Crippen molar-refractivity contribution in [2.75, 3.05) is 24.5 Å². The average Bonchev–Trinajstić information content (AvgIpc) is 3.25. The molecule has 14 heteroatoms. The third-order valence-corrected chi connectivity index (χ3v) is 8.25. The minimum Gasteiger partial charge on any atom is -0.356 e. The summed E-state index contributed by atoms with van der Waals surface area (Å²) in [6.07, 6.45) is -5.00. The highest BCUT2D eigenvalue weighted by atomic mass is 32.2. The molecular formula is C22H24F5N5O3S. The number of sulfonamides is 1. The number of rotatable bonds is 6. The summed E-state index contributed by atoms with van der Waals surface area (Å²) < 4.78 is 92.8. The number of carbonyl (C=O) groups excluding carboxylic acids is 1. The number of halogens is 5. The molecule has 8 nitrogen and oxygen atoms in total.